The maximum Gasteiger partial charge on any atom is 0.327 e. The van der Waals surface area contributed by atoms with Gasteiger partial charge in [0.2, 0.25) is 0 Å². The van der Waals surface area contributed by atoms with E-state index in [-0.39, 0.29) is 16.7 Å². The van der Waals surface area contributed by atoms with Crippen LogP contribution in [-0.4, -0.2) is 23.8 Å². The minimum Gasteiger partial charge on any atom is -0.312 e. The number of hydrogen-bond acceptors (Lipinski definition) is 4. The number of fused-ring (bicyclic) bond motifs is 1. The number of aryl methyl sites for hydroxylation is 1. The van der Waals surface area contributed by atoms with Gasteiger partial charge in [0.05, 0.1) is 16.7 Å². The molecule has 2 rings (SSSR count). The number of halogens is 1. The maximum atomic E-state index is 12.5. The zero-order valence-electron chi connectivity index (χ0n) is 13.8. The minimum absolute atomic E-state index is 0.111. The molecule has 0 saturated heterocycles. The third-order valence-corrected chi connectivity index (χ3v) is 3.97. The van der Waals surface area contributed by atoms with Crippen molar-refractivity contribution in [1.82, 2.24) is 10.3 Å². The van der Waals surface area contributed by atoms with Gasteiger partial charge >= 0.3 is 6.03 Å². The molecule has 0 fully saturated rings. The predicted molar refractivity (Wildman–Crippen MR) is 96.5 cm³/mol. The molecule has 1 aromatic rings. The standard InChI is InChI=1S/C18H17ClN4O2/c1-3-13(10-20)7-6-12(2)21-18(25)23-8-4-5-14-9-15(19)16(11-24)22-17(14)23/h3,6-7,9,11H,1,4-5,8H2,2H3,(H,21,25)/b12-6+,13-7+. The van der Waals surface area contributed by atoms with Crippen molar-refractivity contribution in [2.45, 2.75) is 19.8 Å². The molecular weight excluding hydrogens is 340 g/mol. The molecule has 0 saturated carbocycles. The lowest BCUT2D eigenvalue weighted by molar-refractivity contribution is 0.111. The van der Waals surface area contributed by atoms with Crippen LogP contribution in [0.25, 0.3) is 0 Å². The average Bonchev–Trinajstić information content (AvgIpc) is 2.61. The predicted octanol–water partition coefficient (Wildman–Crippen LogP) is 3.55. The number of rotatable bonds is 4. The first-order chi connectivity index (χ1) is 12.0. The Morgan fingerprint density at radius 3 is 2.92 bits per heavy atom. The van der Waals surface area contributed by atoms with Crippen molar-refractivity contribution in [2.24, 2.45) is 0 Å². The van der Waals surface area contributed by atoms with Crippen LogP contribution in [0.2, 0.25) is 5.02 Å². The first kappa shape index (κ1) is 18.4. The molecule has 0 aromatic carbocycles. The molecular formula is C18H17ClN4O2. The number of aromatic nitrogens is 1. The highest BCUT2D eigenvalue weighted by Crippen LogP contribution is 2.29. The molecule has 2 heterocycles. The zero-order valence-corrected chi connectivity index (χ0v) is 14.5. The van der Waals surface area contributed by atoms with Gasteiger partial charge in [0, 0.05) is 12.2 Å². The van der Waals surface area contributed by atoms with Crippen LogP contribution < -0.4 is 10.2 Å². The van der Waals surface area contributed by atoms with E-state index in [0.717, 1.165) is 18.4 Å². The highest BCUT2D eigenvalue weighted by atomic mass is 35.5. The Morgan fingerprint density at radius 1 is 1.52 bits per heavy atom. The van der Waals surface area contributed by atoms with Crippen LogP contribution in [0, 0.1) is 11.3 Å². The van der Waals surface area contributed by atoms with Crippen LogP contribution >= 0.6 is 11.6 Å². The van der Waals surface area contributed by atoms with Gasteiger partial charge < -0.3 is 5.32 Å². The normalized spacial score (nSPS) is 14.4. The van der Waals surface area contributed by atoms with Gasteiger partial charge in [0.15, 0.2) is 6.29 Å². The van der Waals surface area contributed by atoms with Crippen LogP contribution in [-0.2, 0) is 6.42 Å². The molecule has 7 heteroatoms. The Labute approximate surface area is 151 Å². The lowest BCUT2D eigenvalue weighted by Crippen LogP contribution is -2.42. The fraction of sp³-hybridized carbons (Fsp3) is 0.222. The summed E-state index contributed by atoms with van der Waals surface area (Å²) in [4.78, 5) is 29.3. The highest BCUT2D eigenvalue weighted by molar-refractivity contribution is 6.32. The second-order valence-electron chi connectivity index (χ2n) is 5.43. The minimum atomic E-state index is -0.355. The Balaban J connectivity index is 2.23. The van der Waals surface area contributed by atoms with Crippen LogP contribution in [0.3, 0.4) is 0 Å². The van der Waals surface area contributed by atoms with Crippen molar-refractivity contribution >= 4 is 29.7 Å². The number of nitriles is 1. The van der Waals surface area contributed by atoms with Crippen LogP contribution in [0.5, 0.6) is 0 Å². The summed E-state index contributed by atoms with van der Waals surface area (Å²) >= 11 is 6.01. The number of aldehydes is 1. The van der Waals surface area contributed by atoms with Gasteiger partial charge in [-0.05, 0) is 43.5 Å². The SMILES string of the molecule is C=C/C(C#N)=C\C=C(/C)NC(=O)N1CCCc2cc(Cl)c(C=O)nc21. The summed E-state index contributed by atoms with van der Waals surface area (Å²) in [5, 5.41) is 11.9. The molecule has 2 amide bonds. The molecule has 0 atom stereocenters. The van der Waals surface area contributed by atoms with Gasteiger partial charge in [-0.1, -0.05) is 24.3 Å². The molecule has 6 nitrogen and oxygen atoms in total. The summed E-state index contributed by atoms with van der Waals surface area (Å²) in [5.74, 6) is 0.447. The number of carbonyl (C=O) groups is 2. The molecule has 25 heavy (non-hydrogen) atoms. The van der Waals surface area contributed by atoms with Gasteiger partial charge in [-0.25, -0.2) is 9.78 Å². The van der Waals surface area contributed by atoms with E-state index < -0.39 is 0 Å². The van der Waals surface area contributed by atoms with Crippen molar-refractivity contribution < 1.29 is 9.59 Å². The molecule has 1 aromatic heterocycles. The van der Waals surface area contributed by atoms with E-state index in [1.54, 1.807) is 25.1 Å². The summed E-state index contributed by atoms with van der Waals surface area (Å²) in [6.45, 7) is 5.73. The smallest absolute Gasteiger partial charge is 0.312 e. The molecule has 0 aliphatic carbocycles. The van der Waals surface area contributed by atoms with E-state index in [0.29, 0.717) is 29.9 Å². The third kappa shape index (κ3) is 4.34. The molecule has 0 spiro atoms. The second kappa shape index (κ2) is 8.27. The number of nitrogens with one attached hydrogen (secondary N) is 1. The van der Waals surface area contributed by atoms with Crippen molar-refractivity contribution in [3.63, 3.8) is 0 Å². The molecule has 1 aliphatic heterocycles. The van der Waals surface area contributed by atoms with E-state index in [4.69, 9.17) is 16.9 Å². The Kier molecular flexibility index (Phi) is 6.09. The van der Waals surface area contributed by atoms with Crippen molar-refractivity contribution in [3.8, 4) is 6.07 Å². The van der Waals surface area contributed by atoms with Gasteiger partial charge in [-0.15, -0.1) is 0 Å². The van der Waals surface area contributed by atoms with Gasteiger partial charge in [0.1, 0.15) is 11.5 Å². The number of nitrogens with zero attached hydrogens (tertiary/aromatic N) is 3. The lowest BCUT2D eigenvalue weighted by atomic mass is 10.1. The number of hydrogen-bond donors (Lipinski definition) is 1. The summed E-state index contributed by atoms with van der Waals surface area (Å²) in [6, 6.07) is 3.30. The lowest BCUT2D eigenvalue weighted by Gasteiger charge is -2.28. The van der Waals surface area contributed by atoms with Gasteiger partial charge in [0.25, 0.3) is 0 Å². The largest absolute Gasteiger partial charge is 0.327 e. The number of pyridine rings is 1. The summed E-state index contributed by atoms with van der Waals surface area (Å²) < 4.78 is 0. The van der Waals surface area contributed by atoms with Crippen molar-refractivity contribution in [3.05, 3.63) is 58.4 Å². The van der Waals surface area contributed by atoms with Crippen molar-refractivity contribution in [2.75, 3.05) is 11.4 Å². The molecule has 128 valence electrons. The Hall–Kier alpha value is -2.91. The van der Waals surface area contributed by atoms with Crippen LogP contribution in [0.4, 0.5) is 10.6 Å². The molecule has 1 aliphatic rings. The summed E-state index contributed by atoms with van der Waals surface area (Å²) in [5.41, 5.74) is 1.90. The first-order valence-corrected chi connectivity index (χ1v) is 8.02. The van der Waals surface area contributed by atoms with Crippen LogP contribution in [0.15, 0.2) is 42.1 Å². The second-order valence-corrected chi connectivity index (χ2v) is 5.84. The van der Waals surface area contributed by atoms with Gasteiger partial charge in [-0.2, -0.15) is 5.26 Å². The number of anilines is 1. The number of carbonyl (C=O) groups excluding carboxylic acids is 2. The fourth-order valence-electron chi connectivity index (χ4n) is 2.41. The fourth-order valence-corrected chi connectivity index (χ4v) is 2.62. The number of allylic oxidation sites excluding steroid dienone is 5. The maximum absolute atomic E-state index is 12.5. The molecule has 1 N–H and O–H groups in total. The topological polar surface area (TPSA) is 86.1 Å². The Morgan fingerprint density at radius 2 is 2.28 bits per heavy atom. The summed E-state index contributed by atoms with van der Waals surface area (Å²) in [6.07, 6.45) is 6.71. The highest BCUT2D eigenvalue weighted by Gasteiger charge is 2.25. The number of amides is 2. The molecule has 0 radical (unpaired) electrons. The first-order valence-electron chi connectivity index (χ1n) is 7.64. The van der Waals surface area contributed by atoms with E-state index >= 15 is 0 Å². The summed E-state index contributed by atoms with van der Waals surface area (Å²) in [7, 11) is 0. The zero-order chi connectivity index (χ0) is 18.4. The van der Waals surface area contributed by atoms with Crippen LogP contribution in [0.1, 0.15) is 29.4 Å². The monoisotopic (exact) mass is 356 g/mol. The average molecular weight is 357 g/mol. The molecule has 0 bridgehead atoms. The van der Waals surface area contributed by atoms with E-state index in [9.17, 15) is 9.59 Å². The van der Waals surface area contributed by atoms with Gasteiger partial charge in [-0.3, -0.25) is 9.69 Å². The third-order valence-electron chi connectivity index (χ3n) is 3.67. The number of urea groups is 1. The van der Waals surface area contributed by atoms with E-state index in [2.05, 4.69) is 16.9 Å². The van der Waals surface area contributed by atoms with E-state index in [1.165, 1.54) is 11.0 Å². The Bertz CT molecular complexity index is 821. The molecule has 0 unspecified atom stereocenters. The van der Waals surface area contributed by atoms with E-state index in [1.807, 2.05) is 6.07 Å². The quantitative estimate of drug-likeness (QED) is 0.507. The van der Waals surface area contributed by atoms with Crippen molar-refractivity contribution in [1.29, 1.82) is 5.26 Å².